The summed E-state index contributed by atoms with van der Waals surface area (Å²) in [6.07, 6.45) is 1.16. The van der Waals surface area contributed by atoms with Gasteiger partial charge in [0.1, 0.15) is 13.2 Å². The lowest BCUT2D eigenvalue weighted by Crippen LogP contribution is -2.56. The molecular weight excluding hydrogens is 464 g/mol. The van der Waals surface area contributed by atoms with Crippen molar-refractivity contribution in [3.63, 3.8) is 0 Å². The fraction of sp³-hybridized carbons (Fsp3) is 0.393. The molecule has 182 valence electrons. The minimum absolute atomic E-state index is 0.359. The largest absolute Gasteiger partial charge is 0.486 e. The van der Waals surface area contributed by atoms with Crippen LogP contribution < -0.4 is 14.2 Å². The molecule has 3 aliphatic heterocycles. The number of ether oxygens (including phenoxy) is 4. The van der Waals surface area contributed by atoms with Crippen molar-refractivity contribution in [1.82, 2.24) is 9.88 Å². The molecule has 2 aromatic carbocycles. The maximum absolute atomic E-state index is 6.98. The van der Waals surface area contributed by atoms with Crippen LogP contribution in [0.15, 0.2) is 42.5 Å². The average molecular weight is 493 g/mol. The van der Waals surface area contributed by atoms with E-state index >= 15 is 0 Å². The number of aromatic nitrogens is 1. The van der Waals surface area contributed by atoms with Crippen LogP contribution in [0.25, 0.3) is 22.4 Å². The van der Waals surface area contributed by atoms with Gasteiger partial charge < -0.3 is 18.9 Å². The number of hydrogen-bond acceptors (Lipinski definition) is 6. The smallest absolute Gasteiger partial charge is 0.218 e. The number of pyridine rings is 1. The molecule has 0 bridgehead atoms. The molecule has 3 aromatic rings. The van der Waals surface area contributed by atoms with E-state index in [0.717, 1.165) is 84.3 Å². The van der Waals surface area contributed by atoms with Crippen LogP contribution in [-0.2, 0) is 11.3 Å². The van der Waals surface area contributed by atoms with Crippen LogP contribution in [0.4, 0.5) is 0 Å². The zero-order valence-corrected chi connectivity index (χ0v) is 20.9. The van der Waals surface area contributed by atoms with Crippen LogP contribution in [0.1, 0.15) is 17.5 Å². The number of benzene rings is 2. The zero-order valence-electron chi connectivity index (χ0n) is 20.1. The van der Waals surface area contributed by atoms with Crippen molar-refractivity contribution in [1.29, 1.82) is 0 Å². The Morgan fingerprint density at radius 2 is 1.83 bits per heavy atom. The molecule has 0 amide bonds. The van der Waals surface area contributed by atoms with Crippen molar-refractivity contribution in [3.8, 4) is 39.8 Å². The first-order chi connectivity index (χ1) is 17.0. The Hall–Kier alpha value is -2.80. The summed E-state index contributed by atoms with van der Waals surface area (Å²) >= 11 is 6.98. The number of methoxy groups -OCH3 is 1. The van der Waals surface area contributed by atoms with E-state index in [4.69, 9.17) is 35.5 Å². The summed E-state index contributed by atoms with van der Waals surface area (Å²) in [4.78, 5) is 7.37. The minimum atomic E-state index is 0.359. The van der Waals surface area contributed by atoms with E-state index in [1.807, 2.05) is 36.4 Å². The topological polar surface area (TPSA) is 53.0 Å². The number of halogens is 1. The van der Waals surface area contributed by atoms with Crippen LogP contribution in [0, 0.1) is 12.3 Å². The molecule has 0 aliphatic carbocycles. The van der Waals surface area contributed by atoms with Gasteiger partial charge in [0.05, 0.1) is 24.4 Å². The van der Waals surface area contributed by atoms with Crippen LogP contribution >= 0.6 is 11.6 Å². The van der Waals surface area contributed by atoms with Crippen molar-refractivity contribution < 1.29 is 18.9 Å². The maximum Gasteiger partial charge on any atom is 0.218 e. The van der Waals surface area contributed by atoms with Gasteiger partial charge in [-0.15, -0.1) is 0 Å². The van der Waals surface area contributed by atoms with Crippen LogP contribution in [0.2, 0.25) is 5.02 Å². The molecule has 2 saturated heterocycles. The van der Waals surface area contributed by atoms with E-state index in [9.17, 15) is 0 Å². The molecule has 2 fully saturated rings. The lowest BCUT2D eigenvalue weighted by Gasteiger charge is -2.47. The Labute approximate surface area is 210 Å². The molecule has 6 nitrogen and oxygen atoms in total. The molecule has 0 unspecified atom stereocenters. The first kappa shape index (κ1) is 22.7. The SMILES string of the molecule is COc1nc(-c2cccc(-c3ccc4c(c3)OCCO4)c2Cl)c(C)cc1CN1CC2(CCOC2)C1. The quantitative estimate of drug-likeness (QED) is 0.476. The predicted octanol–water partition coefficient (Wildman–Crippen LogP) is 5.38. The molecule has 35 heavy (non-hydrogen) atoms. The number of likely N-dealkylation sites (tertiary alicyclic amines) is 1. The fourth-order valence-electron chi connectivity index (χ4n) is 5.52. The summed E-state index contributed by atoms with van der Waals surface area (Å²) in [7, 11) is 1.68. The van der Waals surface area contributed by atoms with Crippen molar-refractivity contribution in [2.75, 3.05) is 46.6 Å². The first-order valence-electron chi connectivity index (χ1n) is 12.1. The minimum Gasteiger partial charge on any atom is -0.486 e. The van der Waals surface area contributed by atoms with E-state index in [2.05, 4.69) is 17.9 Å². The molecule has 0 atom stereocenters. The molecule has 7 heteroatoms. The number of aryl methyl sites for hydroxylation is 1. The van der Waals surface area contributed by atoms with E-state index in [1.54, 1.807) is 7.11 Å². The number of nitrogens with zero attached hydrogens (tertiary/aromatic N) is 2. The van der Waals surface area contributed by atoms with Gasteiger partial charge in [-0.05, 0) is 42.7 Å². The van der Waals surface area contributed by atoms with E-state index < -0.39 is 0 Å². The highest BCUT2D eigenvalue weighted by Gasteiger charge is 2.45. The van der Waals surface area contributed by atoms with Crippen LogP contribution in [-0.4, -0.2) is 56.5 Å². The first-order valence-corrected chi connectivity index (χ1v) is 12.5. The lowest BCUT2D eigenvalue weighted by atomic mass is 9.79. The summed E-state index contributed by atoms with van der Waals surface area (Å²) in [5, 5.41) is 0.653. The molecule has 0 N–H and O–H groups in total. The van der Waals surface area contributed by atoms with Crippen molar-refractivity contribution in [2.45, 2.75) is 19.9 Å². The van der Waals surface area contributed by atoms with Gasteiger partial charge in [-0.25, -0.2) is 4.98 Å². The molecule has 4 heterocycles. The van der Waals surface area contributed by atoms with Gasteiger partial charge in [-0.2, -0.15) is 0 Å². The van der Waals surface area contributed by atoms with Gasteiger partial charge >= 0.3 is 0 Å². The second-order valence-corrected chi connectivity index (χ2v) is 10.2. The van der Waals surface area contributed by atoms with Crippen LogP contribution in [0.3, 0.4) is 0 Å². The molecule has 0 radical (unpaired) electrons. The standard InChI is InChI=1S/C28H29ClN2O4/c1-18-12-20(14-31-15-28(16-31)8-9-33-17-28)27(32-2)30-26(18)22-5-3-4-21(25(22)29)19-6-7-23-24(13-19)35-11-10-34-23/h3-7,12-13H,8-11,14-17H2,1-2H3. The summed E-state index contributed by atoms with van der Waals surface area (Å²) in [6, 6.07) is 14.2. The fourth-order valence-corrected chi connectivity index (χ4v) is 5.84. The van der Waals surface area contributed by atoms with Gasteiger partial charge in [0.2, 0.25) is 5.88 Å². The zero-order chi connectivity index (χ0) is 24.0. The molecule has 1 aromatic heterocycles. The molecular formula is C28H29ClN2O4. The van der Waals surface area contributed by atoms with Crippen molar-refractivity contribution >= 4 is 11.6 Å². The highest BCUT2D eigenvalue weighted by atomic mass is 35.5. The van der Waals surface area contributed by atoms with Crippen molar-refractivity contribution in [2.24, 2.45) is 5.41 Å². The van der Waals surface area contributed by atoms with Gasteiger partial charge in [0.25, 0.3) is 0 Å². The normalized spacial score (nSPS) is 18.5. The second-order valence-electron chi connectivity index (χ2n) is 9.80. The second kappa shape index (κ2) is 9.01. The summed E-state index contributed by atoms with van der Waals surface area (Å²) in [6.45, 7) is 7.93. The van der Waals surface area contributed by atoms with Crippen molar-refractivity contribution in [3.05, 3.63) is 58.6 Å². The Morgan fingerprint density at radius 1 is 1.03 bits per heavy atom. The Kier molecular flexibility index (Phi) is 5.83. The van der Waals surface area contributed by atoms with E-state index in [0.29, 0.717) is 29.5 Å². The molecule has 3 aliphatic rings. The molecule has 0 saturated carbocycles. The lowest BCUT2D eigenvalue weighted by molar-refractivity contribution is -0.0128. The number of hydrogen-bond donors (Lipinski definition) is 0. The van der Waals surface area contributed by atoms with Gasteiger partial charge in [0.15, 0.2) is 11.5 Å². The van der Waals surface area contributed by atoms with Gasteiger partial charge in [-0.3, -0.25) is 4.90 Å². The Bertz CT molecular complexity index is 1260. The summed E-state index contributed by atoms with van der Waals surface area (Å²) in [5.74, 6) is 2.15. The third kappa shape index (κ3) is 4.14. The van der Waals surface area contributed by atoms with E-state index in [-0.39, 0.29) is 0 Å². The maximum atomic E-state index is 6.98. The number of fused-ring (bicyclic) bond motifs is 1. The third-order valence-electron chi connectivity index (χ3n) is 7.25. The van der Waals surface area contributed by atoms with Gasteiger partial charge in [0, 0.05) is 48.3 Å². The van der Waals surface area contributed by atoms with Crippen LogP contribution in [0.5, 0.6) is 17.4 Å². The highest BCUT2D eigenvalue weighted by Crippen LogP contribution is 2.42. The molecule has 1 spiro atoms. The van der Waals surface area contributed by atoms with Gasteiger partial charge in [-0.1, -0.05) is 35.9 Å². The Morgan fingerprint density at radius 3 is 2.60 bits per heavy atom. The number of rotatable bonds is 5. The summed E-state index contributed by atoms with van der Waals surface area (Å²) < 4.78 is 22.8. The highest BCUT2D eigenvalue weighted by molar-refractivity contribution is 6.36. The summed E-state index contributed by atoms with van der Waals surface area (Å²) in [5.41, 5.74) is 6.15. The predicted molar refractivity (Wildman–Crippen MR) is 136 cm³/mol. The monoisotopic (exact) mass is 492 g/mol. The Balaban J connectivity index is 1.30. The average Bonchev–Trinajstić information content (AvgIpc) is 3.34. The van der Waals surface area contributed by atoms with E-state index in [1.165, 1.54) is 0 Å². The molecule has 6 rings (SSSR count). The third-order valence-corrected chi connectivity index (χ3v) is 7.66.